The van der Waals surface area contributed by atoms with Gasteiger partial charge in [0, 0.05) is 42.7 Å². The number of anilines is 1. The molecule has 11 heteroatoms. The zero-order valence-corrected chi connectivity index (χ0v) is 19.8. The van der Waals surface area contributed by atoms with Crippen LogP contribution in [0.4, 0.5) is 5.82 Å². The summed E-state index contributed by atoms with van der Waals surface area (Å²) in [7, 11) is 4.57. The Morgan fingerprint density at radius 1 is 1.06 bits per heavy atom. The molecule has 35 heavy (non-hydrogen) atoms. The van der Waals surface area contributed by atoms with Crippen molar-refractivity contribution in [2.75, 3.05) is 59.1 Å². The first-order valence-electron chi connectivity index (χ1n) is 11.0. The number of nitrogens with zero attached hydrogens (tertiary/aromatic N) is 3. The summed E-state index contributed by atoms with van der Waals surface area (Å²) in [4.78, 5) is 35.3. The Bertz CT molecular complexity index is 1260. The van der Waals surface area contributed by atoms with E-state index in [1.165, 1.54) is 21.3 Å². The van der Waals surface area contributed by atoms with Crippen LogP contribution >= 0.6 is 0 Å². The molecule has 1 aliphatic rings. The number of benzene rings is 2. The van der Waals surface area contributed by atoms with Crippen LogP contribution in [0.5, 0.6) is 17.2 Å². The number of carbonyl (C=O) groups excluding carboxylic acids is 2. The summed E-state index contributed by atoms with van der Waals surface area (Å²) in [6.07, 6.45) is 0. The fourth-order valence-corrected chi connectivity index (χ4v) is 3.74. The van der Waals surface area contributed by atoms with Gasteiger partial charge in [0.2, 0.25) is 5.91 Å². The highest BCUT2D eigenvalue weighted by Crippen LogP contribution is 2.37. The second-order valence-electron chi connectivity index (χ2n) is 7.77. The van der Waals surface area contributed by atoms with Crippen molar-refractivity contribution in [3.63, 3.8) is 0 Å². The van der Waals surface area contributed by atoms with E-state index in [0.717, 1.165) is 5.39 Å². The second-order valence-corrected chi connectivity index (χ2v) is 7.77. The third kappa shape index (κ3) is 5.19. The lowest BCUT2D eigenvalue weighted by molar-refractivity contribution is -0.122. The van der Waals surface area contributed by atoms with Gasteiger partial charge in [-0.2, -0.15) is 0 Å². The Morgan fingerprint density at radius 3 is 2.49 bits per heavy atom. The number of hydrogen-bond donors (Lipinski definition) is 2. The maximum absolute atomic E-state index is 11.9. The Labute approximate surface area is 202 Å². The molecule has 4 rings (SSSR count). The number of aromatic nitrogens is 2. The predicted octanol–water partition coefficient (Wildman–Crippen LogP) is 1.37. The number of ether oxygens (including phenoxy) is 4. The van der Waals surface area contributed by atoms with Gasteiger partial charge < -0.3 is 34.9 Å². The second kappa shape index (κ2) is 10.4. The lowest BCUT2D eigenvalue weighted by Crippen LogP contribution is -2.37. The predicted molar refractivity (Wildman–Crippen MR) is 129 cm³/mol. The lowest BCUT2D eigenvalue weighted by Gasteiger charge is -2.29. The molecular formula is C24H27N5O6. The molecule has 3 N–H and O–H groups in total. The maximum Gasteiger partial charge on any atom is 0.257 e. The maximum atomic E-state index is 11.9. The van der Waals surface area contributed by atoms with Crippen molar-refractivity contribution < 1.29 is 28.5 Å². The molecular weight excluding hydrogens is 454 g/mol. The van der Waals surface area contributed by atoms with E-state index < -0.39 is 5.91 Å². The summed E-state index contributed by atoms with van der Waals surface area (Å²) in [6, 6.07) is 8.43. The Balaban J connectivity index is 1.90. The number of methoxy groups -OCH3 is 2. The molecule has 2 amide bonds. The fourth-order valence-electron chi connectivity index (χ4n) is 3.74. The van der Waals surface area contributed by atoms with E-state index in [1.54, 1.807) is 30.3 Å². The molecule has 0 atom stereocenters. The van der Waals surface area contributed by atoms with Gasteiger partial charge in [0.15, 0.2) is 23.9 Å². The molecule has 0 radical (unpaired) electrons. The molecule has 3 aromatic rings. The third-order valence-corrected chi connectivity index (χ3v) is 5.59. The number of nitrogens with two attached hydrogens (primary N) is 1. The monoisotopic (exact) mass is 481 g/mol. The number of fused-ring (bicyclic) bond motifs is 1. The standard InChI is InChI=1S/C24H27N5O6/c1-26-21(30)13-35-20-12-18-17(11-19(20)33-3)24(29-4-6-34-7-5-29)28-23(27-18)15-8-14(22(25)31)9-16(10-15)32-2/h8-12H,4-7,13H2,1-3H3,(H2,25,31)(H,26,30). The lowest BCUT2D eigenvalue weighted by atomic mass is 10.1. The van der Waals surface area contributed by atoms with Crippen LogP contribution in [0.2, 0.25) is 0 Å². The number of likely N-dealkylation sites (N-methyl/N-ethyl adjacent to an activating group) is 1. The zero-order chi connectivity index (χ0) is 24.9. The van der Waals surface area contributed by atoms with Crippen molar-refractivity contribution in [3.05, 3.63) is 35.9 Å². The number of hydrogen-bond acceptors (Lipinski definition) is 9. The highest BCUT2D eigenvalue weighted by atomic mass is 16.5. The van der Waals surface area contributed by atoms with Crippen LogP contribution in [0.25, 0.3) is 22.3 Å². The molecule has 0 saturated carbocycles. The molecule has 184 valence electrons. The van der Waals surface area contributed by atoms with Gasteiger partial charge in [-0.15, -0.1) is 0 Å². The molecule has 1 aliphatic heterocycles. The van der Waals surface area contributed by atoms with Crippen LogP contribution in [0, 0.1) is 0 Å². The van der Waals surface area contributed by atoms with Crippen LogP contribution < -0.4 is 30.2 Å². The molecule has 0 spiro atoms. The van der Waals surface area contributed by atoms with Gasteiger partial charge in [-0.25, -0.2) is 9.97 Å². The Hall–Kier alpha value is -4.12. The van der Waals surface area contributed by atoms with Gasteiger partial charge >= 0.3 is 0 Å². The Kier molecular flexibility index (Phi) is 7.16. The largest absolute Gasteiger partial charge is 0.497 e. The highest BCUT2D eigenvalue weighted by molar-refractivity contribution is 5.96. The first-order valence-corrected chi connectivity index (χ1v) is 11.0. The van der Waals surface area contributed by atoms with E-state index in [1.807, 2.05) is 0 Å². The van der Waals surface area contributed by atoms with Crippen LogP contribution in [0.3, 0.4) is 0 Å². The van der Waals surface area contributed by atoms with Crippen molar-refractivity contribution in [1.29, 1.82) is 0 Å². The van der Waals surface area contributed by atoms with Crippen LogP contribution in [0.15, 0.2) is 30.3 Å². The van der Waals surface area contributed by atoms with Crippen molar-refractivity contribution in [1.82, 2.24) is 15.3 Å². The minimum absolute atomic E-state index is 0.176. The van der Waals surface area contributed by atoms with Gasteiger partial charge in [-0.1, -0.05) is 0 Å². The first-order chi connectivity index (χ1) is 16.9. The smallest absolute Gasteiger partial charge is 0.257 e. The summed E-state index contributed by atoms with van der Waals surface area (Å²) < 4.78 is 22.1. The molecule has 0 aliphatic carbocycles. The zero-order valence-electron chi connectivity index (χ0n) is 19.8. The van der Waals surface area contributed by atoms with Crippen molar-refractivity contribution in [3.8, 4) is 28.6 Å². The Morgan fingerprint density at radius 2 is 1.83 bits per heavy atom. The van der Waals surface area contributed by atoms with Crippen LogP contribution in [-0.2, 0) is 9.53 Å². The summed E-state index contributed by atoms with van der Waals surface area (Å²) in [5.74, 6) is 1.47. The normalized spacial score (nSPS) is 13.4. The van der Waals surface area contributed by atoms with Crippen molar-refractivity contribution in [2.45, 2.75) is 0 Å². The van der Waals surface area contributed by atoms with Crippen LogP contribution in [0.1, 0.15) is 10.4 Å². The number of rotatable bonds is 8. The molecule has 2 aromatic carbocycles. The summed E-state index contributed by atoms with van der Waals surface area (Å²) in [6.45, 7) is 2.25. The number of nitrogens with one attached hydrogen (secondary N) is 1. The van der Waals surface area contributed by atoms with E-state index in [2.05, 4.69) is 10.2 Å². The molecule has 0 unspecified atom stereocenters. The molecule has 0 bridgehead atoms. The van der Waals surface area contributed by atoms with Gasteiger partial charge in [0.25, 0.3) is 5.91 Å². The minimum Gasteiger partial charge on any atom is -0.497 e. The first kappa shape index (κ1) is 24.0. The molecule has 11 nitrogen and oxygen atoms in total. The summed E-state index contributed by atoms with van der Waals surface area (Å²) >= 11 is 0. The average Bonchev–Trinajstić information content (AvgIpc) is 2.90. The summed E-state index contributed by atoms with van der Waals surface area (Å²) in [5.41, 5.74) is 6.94. The molecule has 1 fully saturated rings. The van der Waals surface area contributed by atoms with E-state index in [-0.39, 0.29) is 18.1 Å². The summed E-state index contributed by atoms with van der Waals surface area (Å²) in [5, 5.41) is 3.27. The van der Waals surface area contributed by atoms with E-state index in [9.17, 15) is 9.59 Å². The number of carbonyl (C=O) groups is 2. The highest BCUT2D eigenvalue weighted by Gasteiger charge is 2.21. The van der Waals surface area contributed by atoms with Gasteiger partial charge in [-0.05, 0) is 24.3 Å². The number of morpholine rings is 1. The van der Waals surface area contributed by atoms with Gasteiger partial charge in [0.05, 0.1) is 33.0 Å². The fraction of sp³-hybridized carbons (Fsp3) is 0.333. The van der Waals surface area contributed by atoms with Crippen molar-refractivity contribution >= 4 is 28.5 Å². The quantitative estimate of drug-likeness (QED) is 0.488. The third-order valence-electron chi connectivity index (χ3n) is 5.59. The topological polar surface area (TPSA) is 138 Å². The molecule has 1 saturated heterocycles. The van der Waals surface area contributed by atoms with E-state index in [0.29, 0.717) is 66.3 Å². The minimum atomic E-state index is -0.589. The van der Waals surface area contributed by atoms with Crippen molar-refractivity contribution in [2.24, 2.45) is 5.73 Å². The molecule has 2 heterocycles. The number of primary amides is 1. The van der Waals surface area contributed by atoms with E-state index in [4.69, 9.17) is 34.6 Å². The van der Waals surface area contributed by atoms with E-state index >= 15 is 0 Å². The number of amides is 2. The SMILES string of the molecule is CNC(=O)COc1cc2nc(-c3cc(OC)cc(C(N)=O)c3)nc(N3CCOCC3)c2cc1OC. The average molecular weight is 482 g/mol. The van der Waals surface area contributed by atoms with Gasteiger partial charge in [0.1, 0.15) is 11.6 Å². The van der Waals surface area contributed by atoms with Gasteiger partial charge in [-0.3, -0.25) is 9.59 Å². The van der Waals surface area contributed by atoms with Crippen LogP contribution in [-0.4, -0.2) is 76.0 Å². The molecule has 1 aromatic heterocycles.